The van der Waals surface area contributed by atoms with Gasteiger partial charge in [0.2, 0.25) is 5.91 Å². The highest BCUT2D eigenvalue weighted by Gasteiger charge is 2.03. The molecule has 56 valence electrons. The zero-order chi connectivity index (χ0) is 7.98. The van der Waals surface area contributed by atoms with Crippen molar-refractivity contribution in [3.05, 3.63) is 0 Å². The summed E-state index contributed by atoms with van der Waals surface area (Å²) in [5.41, 5.74) is 4.97. The Hall–Kier alpha value is -0.970. The highest BCUT2D eigenvalue weighted by molar-refractivity contribution is 5.73. The minimum atomic E-state index is -0.246. The molecule has 0 aromatic carbocycles. The molecular formula is C8H13NO. The first kappa shape index (κ1) is 9.03. The lowest BCUT2D eigenvalue weighted by atomic mass is 10.0. The molecule has 0 spiro atoms. The molecule has 0 aromatic rings. The van der Waals surface area contributed by atoms with Gasteiger partial charge >= 0.3 is 0 Å². The van der Waals surface area contributed by atoms with Crippen molar-refractivity contribution in [2.75, 3.05) is 0 Å². The number of hydrogen-bond donors (Lipinski definition) is 1. The zero-order valence-corrected chi connectivity index (χ0v) is 6.26. The average Bonchev–Trinajstić information content (AvgIpc) is 1.82. The van der Waals surface area contributed by atoms with E-state index in [-0.39, 0.29) is 5.91 Å². The molecule has 0 rings (SSSR count). The molecule has 0 aromatic heterocycles. The Labute approximate surface area is 61.8 Å². The molecule has 1 amide bonds. The van der Waals surface area contributed by atoms with Gasteiger partial charge in [0.1, 0.15) is 0 Å². The average molecular weight is 139 g/mol. The summed E-state index contributed by atoms with van der Waals surface area (Å²) >= 11 is 0. The van der Waals surface area contributed by atoms with Crippen LogP contribution in [0.5, 0.6) is 0 Å². The molecule has 0 saturated heterocycles. The predicted octanol–water partition coefficient (Wildman–Crippen LogP) is 0.911. The lowest BCUT2D eigenvalue weighted by Gasteiger charge is -2.04. The van der Waals surface area contributed by atoms with Crippen LogP contribution in [0.4, 0.5) is 0 Å². The van der Waals surface area contributed by atoms with E-state index < -0.39 is 0 Å². The zero-order valence-electron chi connectivity index (χ0n) is 6.26. The van der Waals surface area contributed by atoms with Gasteiger partial charge in [0, 0.05) is 12.8 Å². The number of rotatable bonds is 4. The van der Waals surface area contributed by atoms with Crippen LogP contribution < -0.4 is 5.73 Å². The van der Waals surface area contributed by atoms with Crippen molar-refractivity contribution >= 4 is 5.91 Å². The molecule has 2 heteroatoms. The van der Waals surface area contributed by atoms with Crippen LogP contribution in [0.25, 0.3) is 0 Å². The monoisotopic (exact) mass is 139 g/mol. The number of carbonyl (C=O) groups excluding carboxylic acids is 1. The SMILES string of the molecule is C#CCCC(C)CC(N)=O. The molecule has 1 unspecified atom stereocenters. The van der Waals surface area contributed by atoms with E-state index in [1.54, 1.807) is 0 Å². The summed E-state index contributed by atoms with van der Waals surface area (Å²) in [6.45, 7) is 1.97. The lowest BCUT2D eigenvalue weighted by molar-refractivity contribution is -0.118. The van der Waals surface area contributed by atoms with E-state index in [1.807, 2.05) is 6.92 Å². The highest BCUT2D eigenvalue weighted by Crippen LogP contribution is 2.08. The molecule has 0 fully saturated rings. The van der Waals surface area contributed by atoms with Gasteiger partial charge in [-0.15, -0.1) is 12.3 Å². The van der Waals surface area contributed by atoms with Gasteiger partial charge in [-0.25, -0.2) is 0 Å². The van der Waals surface area contributed by atoms with Crippen molar-refractivity contribution in [1.29, 1.82) is 0 Å². The second-order valence-corrected chi connectivity index (χ2v) is 2.52. The molecule has 0 aliphatic rings. The first-order valence-corrected chi connectivity index (χ1v) is 3.38. The fourth-order valence-corrected chi connectivity index (χ4v) is 0.775. The third-order valence-corrected chi connectivity index (χ3v) is 1.33. The van der Waals surface area contributed by atoms with Gasteiger partial charge in [-0.3, -0.25) is 4.79 Å². The summed E-state index contributed by atoms with van der Waals surface area (Å²) in [6.07, 6.45) is 7.11. The number of nitrogens with two attached hydrogens (primary N) is 1. The topological polar surface area (TPSA) is 43.1 Å². The van der Waals surface area contributed by atoms with Crippen molar-refractivity contribution in [2.45, 2.75) is 26.2 Å². The molecule has 2 N–H and O–H groups in total. The van der Waals surface area contributed by atoms with Crippen molar-refractivity contribution < 1.29 is 4.79 Å². The standard InChI is InChI=1S/C8H13NO/c1-3-4-5-7(2)6-8(9)10/h1,7H,4-6H2,2H3,(H2,9,10). The molecule has 0 bridgehead atoms. The molecule has 0 aliphatic heterocycles. The van der Waals surface area contributed by atoms with Crippen LogP contribution in [0.1, 0.15) is 26.2 Å². The minimum absolute atomic E-state index is 0.246. The molecule has 0 saturated carbocycles. The van der Waals surface area contributed by atoms with E-state index in [0.29, 0.717) is 12.3 Å². The summed E-state index contributed by atoms with van der Waals surface area (Å²) in [6, 6.07) is 0. The van der Waals surface area contributed by atoms with Crippen LogP contribution in [0.2, 0.25) is 0 Å². The Kier molecular flexibility index (Phi) is 4.39. The molecule has 2 nitrogen and oxygen atoms in total. The van der Waals surface area contributed by atoms with Crippen molar-refractivity contribution in [1.82, 2.24) is 0 Å². The van der Waals surface area contributed by atoms with Gasteiger partial charge in [0.25, 0.3) is 0 Å². The number of terminal acetylenes is 1. The molecule has 1 atom stereocenters. The van der Waals surface area contributed by atoms with Gasteiger partial charge in [0.15, 0.2) is 0 Å². The maximum absolute atomic E-state index is 10.3. The second-order valence-electron chi connectivity index (χ2n) is 2.52. The molecular weight excluding hydrogens is 126 g/mol. The van der Waals surface area contributed by atoms with Crippen LogP contribution in [0, 0.1) is 18.3 Å². The molecule has 10 heavy (non-hydrogen) atoms. The highest BCUT2D eigenvalue weighted by atomic mass is 16.1. The van der Waals surface area contributed by atoms with E-state index in [4.69, 9.17) is 12.2 Å². The quantitative estimate of drug-likeness (QED) is 0.578. The Bertz CT molecular complexity index is 146. The van der Waals surface area contributed by atoms with Crippen LogP contribution in [-0.4, -0.2) is 5.91 Å². The summed E-state index contributed by atoms with van der Waals surface area (Å²) in [5, 5.41) is 0. The smallest absolute Gasteiger partial charge is 0.217 e. The van der Waals surface area contributed by atoms with Crippen LogP contribution in [0.15, 0.2) is 0 Å². The Morgan fingerprint density at radius 2 is 2.40 bits per heavy atom. The largest absolute Gasteiger partial charge is 0.370 e. The van der Waals surface area contributed by atoms with E-state index >= 15 is 0 Å². The summed E-state index contributed by atoms with van der Waals surface area (Å²) in [4.78, 5) is 10.3. The first-order valence-electron chi connectivity index (χ1n) is 3.38. The van der Waals surface area contributed by atoms with Gasteiger partial charge in [-0.2, -0.15) is 0 Å². The third kappa shape index (κ3) is 5.17. The second kappa shape index (κ2) is 4.87. The van der Waals surface area contributed by atoms with Gasteiger partial charge in [0.05, 0.1) is 0 Å². The molecule has 0 radical (unpaired) electrons. The first-order chi connectivity index (χ1) is 4.66. The fourth-order valence-electron chi connectivity index (χ4n) is 0.775. The van der Waals surface area contributed by atoms with Gasteiger partial charge in [-0.05, 0) is 12.3 Å². The number of amides is 1. The Morgan fingerprint density at radius 1 is 1.80 bits per heavy atom. The Balaban J connectivity index is 3.36. The van der Waals surface area contributed by atoms with Gasteiger partial charge < -0.3 is 5.73 Å². The summed E-state index contributed by atoms with van der Waals surface area (Å²) < 4.78 is 0. The van der Waals surface area contributed by atoms with E-state index in [0.717, 1.165) is 12.8 Å². The maximum Gasteiger partial charge on any atom is 0.217 e. The van der Waals surface area contributed by atoms with Gasteiger partial charge in [-0.1, -0.05) is 6.92 Å². The third-order valence-electron chi connectivity index (χ3n) is 1.33. The molecule has 0 aliphatic carbocycles. The predicted molar refractivity (Wildman–Crippen MR) is 41.0 cm³/mol. The fraction of sp³-hybridized carbons (Fsp3) is 0.625. The summed E-state index contributed by atoms with van der Waals surface area (Å²) in [5.74, 6) is 2.60. The van der Waals surface area contributed by atoms with E-state index in [1.165, 1.54) is 0 Å². The van der Waals surface area contributed by atoms with Crippen molar-refractivity contribution in [3.63, 3.8) is 0 Å². The van der Waals surface area contributed by atoms with Crippen molar-refractivity contribution in [3.8, 4) is 12.3 Å². The van der Waals surface area contributed by atoms with E-state index in [2.05, 4.69) is 5.92 Å². The van der Waals surface area contributed by atoms with Crippen LogP contribution in [0.3, 0.4) is 0 Å². The summed E-state index contributed by atoms with van der Waals surface area (Å²) in [7, 11) is 0. The normalized spacial score (nSPS) is 12.0. The maximum atomic E-state index is 10.3. The van der Waals surface area contributed by atoms with Crippen LogP contribution in [-0.2, 0) is 4.79 Å². The van der Waals surface area contributed by atoms with E-state index in [9.17, 15) is 4.79 Å². The lowest BCUT2D eigenvalue weighted by Crippen LogP contribution is -2.14. The number of primary amides is 1. The minimum Gasteiger partial charge on any atom is -0.370 e. The molecule has 0 heterocycles. The Morgan fingerprint density at radius 3 is 2.80 bits per heavy atom. The number of hydrogen-bond acceptors (Lipinski definition) is 1. The number of carbonyl (C=O) groups is 1. The van der Waals surface area contributed by atoms with Crippen molar-refractivity contribution in [2.24, 2.45) is 11.7 Å². The van der Waals surface area contributed by atoms with Crippen LogP contribution >= 0.6 is 0 Å².